The molecule has 0 aliphatic carbocycles. The van der Waals surface area contributed by atoms with Crippen molar-refractivity contribution in [1.82, 2.24) is 0 Å². The normalized spacial score (nSPS) is 11.6. The number of benzene rings is 1. The van der Waals surface area contributed by atoms with Gasteiger partial charge in [-0.15, -0.1) is 0 Å². The van der Waals surface area contributed by atoms with E-state index in [1.165, 1.54) is 25.1 Å². The van der Waals surface area contributed by atoms with Gasteiger partial charge < -0.3 is 15.2 Å². The van der Waals surface area contributed by atoms with E-state index in [0.717, 1.165) is 6.07 Å². The van der Waals surface area contributed by atoms with E-state index in [1.54, 1.807) is 0 Å². The molecule has 0 fully saturated rings. The van der Waals surface area contributed by atoms with Crippen LogP contribution in [-0.2, 0) is 14.3 Å². The maximum absolute atomic E-state index is 12.8. The van der Waals surface area contributed by atoms with Crippen LogP contribution in [0.5, 0.6) is 5.75 Å². The summed E-state index contributed by atoms with van der Waals surface area (Å²) in [6.45, 7) is 0.934. The van der Waals surface area contributed by atoms with Crippen molar-refractivity contribution >= 4 is 11.9 Å². The Morgan fingerprint density at radius 1 is 1.47 bits per heavy atom. The first-order valence-corrected chi connectivity index (χ1v) is 4.86. The average Bonchev–Trinajstić information content (AvgIpc) is 2.26. The molecule has 0 aliphatic rings. The van der Waals surface area contributed by atoms with Crippen LogP contribution < -0.4 is 10.5 Å². The number of carbonyl (C=O) groups is 2. The zero-order valence-electron chi connectivity index (χ0n) is 9.18. The van der Waals surface area contributed by atoms with Crippen molar-refractivity contribution in [3.05, 3.63) is 30.1 Å². The quantitative estimate of drug-likeness (QED) is 0.766. The molecule has 1 atom stereocenters. The largest absolute Gasteiger partial charge is 0.482 e. The number of halogens is 1. The van der Waals surface area contributed by atoms with Crippen molar-refractivity contribution in [3.8, 4) is 5.75 Å². The van der Waals surface area contributed by atoms with Crippen molar-refractivity contribution in [2.45, 2.75) is 13.0 Å². The third kappa shape index (κ3) is 4.50. The van der Waals surface area contributed by atoms with Crippen LogP contribution in [-0.4, -0.2) is 24.6 Å². The molecule has 1 aromatic rings. The van der Waals surface area contributed by atoms with Gasteiger partial charge >= 0.3 is 5.97 Å². The summed E-state index contributed by atoms with van der Waals surface area (Å²) in [4.78, 5) is 21.8. The lowest BCUT2D eigenvalue weighted by atomic mass is 10.3. The fourth-order valence-corrected chi connectivity index (χ4v) is 0.988. The molecule has 17 heavy (non-hydrogen) atoms. The van der Waals surface area contributed by atoms with E-state index < -0.39 is 30.4 Å². The van der Waals surface area contributed by atoms with E-state index >= 15 is 0 Å². The minimum Gasteiger partial charge on any atom is -0.482 e. The Morgan fingerprint density at radius 2 is 2.18 bits per heavy atom. The molecule has 1 rings (SSSR count). The minimum atomic E-state index is -1.02. The molecule has 2 N–H and O–H groups in total. The van der Waals surface area contributed by atoms with E-state index in [1.807, 2.05) is 0 Å². The van der Waals surface area contributed by atoms with E-state index in [9.17, 15) is 14.0 Å². The smallest absolute Gasteiger partial charge is 0.344 e. The summed E-state index contributed by atoms with van der Waals surface area (Å²) < 4.78 is 22.3. The van der Waals surface area contributed by atoms with Crippen LogP contribution in [0.25, 0.3) is 0 Å². The van der Waals surface area contributed by atoms with Crippen molar-refractivity contribution in [1.29, 1.82) is 0 Å². The number of hydrogen-bond donors (Lipinski definition) is 1. The molecule has 1 amide bonds. The van der Waals surface area contributed by atoms with Crippen molar-refractivity contribution in [2.75, 3.05) is 6.61 Å². The van der Waals surface area contributed by atoms with Crippen LogP contribution in [0.1, 0.15) is 6.92 Å². The molecule has 0 aliphatic heterocycles. The van der Waals surface area contributed by atoms with Gasteiger partial charge in [-0.05, 0) is 19.1 Å². The number of rotatable bonds is 5. The summed E-state index contributed by atoms with van der Waals surface area (Å²) in [5, 5.41) is 0. The van der Waals surface area contributed by atoms with Gasteiger partial charge in [0.1, 0.15) is 11.6 Å². The Balaban J connectivity index is 2.41. The van der Waals surface area contributed by atoms with Gasteiger partial charge in [0, 0.05) is 6.07 Å². The monoisotopic (exact) mass is 241 g/mol. The molecular formula is C11H12FNO4. The van der Waals surface area contributed by atoms with Gasteiger partial charge in [0.05, 0.1) is 0 Å². The van der Waals surface area contributed by atoms with Gasteiger partial charge in [-0.25, -0.2) is 9.18 Å². The first-order chi connectivity index (χ1) is 7.99. The maximum atomic E-state index is 12.8. The first-order valence-electron chi connectivity index (χ1n) is 4.86. The Bertz CT molecular complexity index is 422. The second-order valence-corrected chi connectivity index (χ2v) is 3.28. The summed E-state index contributed by atoms with van der Waals surface area (Å²) in [6.07, 6.45) is -1.02. The molecule has 0 saturated heterocycles. The number of ether oxygens (including phenoxy) is 2. The third-order valence-corrected chi connectivity index (χ3v) is 1.86. The molecular weight excluding hydrogens is 229 g/mol. The summed E-state index contributed by atoms with van der Waals surface area (Å²) >= 11 is 0. The summed E-state index contributed by atoms with van der Waals surface area (Å²) in [5.74, 6) is -1.76. The topological polar surface area (TPSA) is 78.6 Å². The van der Waals surface area contributed by atoms with Gasteiger partial charge in [0.25, 0.3) is 5.91 Å². The van der Waals surface area contributed by atoms with Crippen LogP contribution in [0, 0.1) is 5.82 Å². The van der Waals surface area contributed by atoms with Crippen LogP contribution in [0.3, 0.4) is 0 Å². The third-order valence-electron chi connectivity index (χ3n) is 1.86. The number of esters is 1. The van der Waals surface area contributed by atoms with Gasteiger partial charge in [0.15, 0.2) is 12.7 Å². The highest BCUT2D eigenvalue weighted by Crippen LogP contribution is 2.11. The van der Waals surface area contributed by atoms with Gasteiger partial charge in [-0.1, -0.05) is 6.07 Å². The molecule has 0 unspecified atom stereocenters. The molecule has 0 bridgehead atoms. The zero-order chi connectivity index (χ0) is 12.8. The number of carbonyl (C=O) groups excluding carboxylic acids is 2. The minimum absolute atomic E-state index is 0.202. The lowest BCUT2D eigenvalue weighted by Crippen LogP contribution is -2.32. The summed E-state index contributed by atoms with van der Waals surface area (Å²) in [5.41, 5.74) is 4.90. The number of amides is 1. The Kier molecular flexibility index (Phi) is 4.45. The average molecular weight is 241 g/mol. The number of hydrogen-bond acceptors (Lipinski definition) is 4. The van der Waals surface area contributed by atoms with E-state index in [2.05, 4.69) is 4.74 Å². The fourth-order valence-electron chi connectivity index (χ4n) is 0.988. The predicted molar refractivity (Wildman–Crippen MR) is 56.6 cm³/mol. The van der Waals surface area contributed by atoms with E-state index in [0.29, 0.717) is 0 Å². The van der Waals surface area contributed by atoms with E-state index in [4.69, 9.17) is 10.5 Å². The van der Waals surface area contributed by atoms with Gasteiger partial charge in [0.2, 0.25) is 0 Å². The maximum Gasteiger partial charge on any atom is 0.344 e. The highest BCUT2D eigenvalue weighted by atomic mass is 19.1. The Hall–Kier alpha value is -2.11. The lowest BCUT2D eigenvalue weighted by Gasteiger charge is -2.10. The van der Waals surface area contributed by atoms with Gasteiger partial charge in [-0.3, -0.25) is 4.79 Å². The van der Waals surface area contributed by atoms with Crippen molar-refractivity contribution in [2.24, 2.45) is 5.73 Å². The van der Waals surface area contributed by atoms with Gasteiger partial charge in [-0.2, -0.15) is 0 Å². The number of primary amides is 1. The second kappa shape index (κ2) is 5.83. The second-order valence-electron chi connectivity index (χ2n) is 3.28. The molecule has 0 heterocycles. The molecule has 0 aromatic heterocycles. The number of nitrogens with two attached hydrogens (primary N) is 1. The molecule has 6 heteroatoms. The fraction of sp³-hybridized carbons (Fsp3) is 0.273. The Labute approximate surface area is 97.3 Å². The van der Waals surface area contributed by atoms with Crippen molar-refractivity contribution in [3.63, 3.8) is 0 Å². The summed E-state index contributed by atoms with van der Waals surface area (Å²) in [6, 6.07) is 5.32. The van der Waals surface area contributed by atoms with Crippen LogP contribution in [0.4, 0.5) is 4.39 Å². The SMILES string of the molecule is C[C@@H](OC(=O)COc1cccc(F)c1)C(N)=O. The zero-order valence-corrected chi connectivity index (χ0v) is 9.18. The highest BCUT2D eigenvalue weighted by molar-refractivity contribution is 5.82. The van der Waals surface area contributed by atoms with Crippen LogP contribution >= 0.6 is 0 Å². The molecule has 0 radical (unpaired) electrons. The molecule has 0 saturated carbocycles. The van der Waals surface area contributed by atoms with Crippen LogP contribution in [0.15, 0.2) is 24.3 Å². The lowest BCUT2D eigenvalue weighted by molar-refractivity contribution is -0.155. The van der Waals surface area contributed by atoms with Crippen molar-refractivity contribution < 1.29 is 23.5 Å². The first kappa shape index (κ1) is 13.0. The molecule has 5 nitrogen and oxygen atoms in total. The standard InChI is InChI=1S/C11H12FNO4/c1-7(11(13)15)17-10(14)6-16-9-4-2-3-8(12)5-9/h2-5,7H,6H2,1H3,(H2,13,15)/t7-/m1/s1. The Morgan fingerprint density at radius 3 is 2.76 bits per heavy atom. The predicted octanol–water partition coefficient (Wildman–Crippen LogP) is 0.622. The molecule has 0 spiro atoms. The molecule has 1 aromatic carbocycles. The van der Waals surface area contributed by atoms with Crippen LogP contribution in [0.2, 0.25) is 0 Å². The highest BCUT2D eigenvalue weighted by Gasteiger charge is 2.14. The summed E-state index contributed by atoms with van der Waals surface area (Å²) in [7, 11) is 0. The van der Waals surface area contributed by atoms with E-state index in [-0.39, 0.29) is 5.75 Å². The molecule has 92 valence electrons.